The molecule has 0 bridgehead atoms. The van der Waals surface area contributed by atoms with Crippen LogP contribution in [-0.4, -0.2) is 42.5 Å². The molecule has 2 aliphatic rings. The zero-order valence-electron chi connectivity index (χ0n) is 10.1. The van der Waals surface area contributed by atoms with Crippen LogP contribution in [0, 0.1) is 11.3 Å². The van der Waals surface area contributed by atoms with Crippen molar-refractivity contribution in [2.75, 3.05) is 13.6 Å². The van der Waals surface area contributed by atoms with Crippen LogP contribution < -0.4 is 5.32 Å². The monoisotopic (exact) mass is 243 g/mol. The van der Waals surface area contributed by atoms with E-state index in [0.29, 0.717) is 12.5 Å². The van der Waals surface area contributed by atoms with Gasteiger partial charge in [-0.25, -0.2) is 8.78 Å². The highest BCUT2D eigenvalue weighted by Crippen LogP contribution is 2.35. The van der Waals surface area contributed by atoms with Gasteiger partial charge in [0.25, 0.3) is 6.43 Å². The number of alkyl halides is 2. The normalized spacial score (nSPS) is 33.3. The van der Waals surface area contributed by atoms with E-state index < -0.39 is 12.0 Å². The zero-order valence-corrected chi connectivity index (χ0v) is 10.1. The molecule has 2 atom stereocenters. The van der Waals surface area contributed by atoms with E-state index in [1.54, 1.807) is 11.9 Å². The van der Waals surface area contributed by atoms with Crippen LogP contribution in [0.5, 0.6) is 0 Å². The van der Waals surface area contributed by atoms with Crippen molar-refractivity contribution < 1.29 is 8.78 Å². The van der Waals surface area contributed by atoms with Gasteiger partial charge < -0.3 is 0 Å². The molecular weight excluding hydrogens is 224 g/mol. The van der Waals surface area contributed by atoms with Crippen LogP contribution in [0.25, 0.3) is 0 Å². The summed E-state index contributed by atoms with van der Waals surface area (Å²) in [5.41, 5.74) is -0.470. The zero-order chi connectivity index (χ0) is 12.5. The highest BCUT2D eigenvalue weighted by molar-refractivity contribution is 5.15. The summed E-state index contributed by atoms with van der Waals surface area (Å²) in [7, 11) is 1.72. The van der Waals surface area contributed by atoms with Crippen molar-refractivity contribution in [3.05, 3.63) is 0 Å². The molecule has 0 spiro atoms. The number of nitriles is 1. The van der Waals surface area contributed by atoms with Crippen molar-refractivity contribution in [1.82, 2.24) is 10.2 Å². The van der Waals surface area contributed by atoms with E-state index in [1.165, 1.54) is 0 Å². The molecule has 2 saturated carbocycles. The second-order valence-corrected chi connectivity index (χ2v) is 5.34. The van der Waals surface area contributed by atoms with Crippen molar-refractivity contribution in [1.29, 1.82) is 5.26 Å². The molecule has 2 aliphatic carbocycles. The first-order valence-electron chi connectivity index (χ1n) is 6.22. The van der Waals surface area contributed by atoms with Gasteiger partial charge in [-0.1, -0.05) is 0 Å². The van der Waals surface area contributed by atoms with Gasteiger partial charge in [-0.05, 0) is 39.2 Å². The molecule has 17 heavy (non-hydrogen) atoms. The van der Waals surface area contributed by atoms with Gasteiger partial charge >= 0.3 is 0 Å². The van der Waals surface area contributed by atoms with Gasteiger partial charge in [0.2, 0.25) is 0 Å². The van der Waals surface area contributed by atoms with Crippen LogP contribution in [0.15, 0.2) is 0 Å². The van der Waals surface area contributed by atoms with E-state index in [9.17, 15) is 14.0 Å². The predicted octanol–water partition coefficient (Wildman–Crippen LogP) is 1.75. The van der Waals surface area contributed by atoms with Crippen LogP contribution >= 0.6 is 0 Å². The van der Waals surface area contributed by atoms with E-state index in [2.05, 4.69) is 11.4 Å². The summed E-state index contributed by atoms with van der Waals surface area (Å²) in [5, 5.41) is 12.7. The Morgan fingerprint density at radius 2 is 2.18 bits per heavy atom. The lowest BCUT2D eigenvalue weighted by Crippen LogP contribution is -2.45. The fourth-order valence-corrected chi connectivity index (χ4v) is 2.65. The fraction of sp³-hybridized carbons (Fsp3) is 0.917. The van der Waals surface area contributed by atoms with Crippen molar-refractivity contribution in [3.63, 3.8) is 0 Å². The maximum Gasteiger partial charge on any atom is 0.251 e. The molecule has 0 aromatic heterocycles. The molecule has 5 heteroatoms. The number of hydrogen-bond acceptors (Lipinski definition) is 3. The Morgan fingerprint density at radius 1 is 1.47 bits per heavy atom. The number of rotatable bonds is 5. The molecule has 3 nitrogen and oxygen atoms in total. The first-order valence-corrected chi connectivity index (χ1v) is 6.22. The lowest BCUT2D eigenvalue weighted by atomic mass is 9.99. The highest BCUT2D eigenvalue weighted by Gasteiger charge is 2.44. The minimum atomic E-state index is -2.30. The molecule has 0 heterocycles. The lowest BCUT2D eigenvalue weighted by molar-refractivity contribution is 0.0806. The third kappa shape index (κ3) is 3.14. The Balaban J connectivity index is 1.90. The molecule has 0 radical (unpaired) electrons. The number of hydrogen-bond donors (Lipinski definition) is 1. The van der Waals surface area contributed by atoms with E-state index >= 15 is 0 Å². The molecule has 0 amide bonds. The second kappa shape index (κ2) is 4.87. The average molecular weight is 243 g/mol. The van der Waals surface area contributed by atoms with E-state index in [4.69, 9.17) is 0 Å². The third-order valence-electron chi connectivity index (χ3n) is 3.81. The molecule has 2 rings (SSSR count). The topological polar surface area (TPSA) is 39.1 Å². The maximum absolute atomic E-state index is 12.3. The van der Waals surface area contributed by atoms with Crippen LogP contribution in [-0.2, 0) is 0 Å². The van der Waals surface area contributed by atoms with Crippen LogP contribution in [0.4, 0.5) is 8.78 Å². The Hall–Kier alpha value is -0.730. The molecule has 0 saturated heterocycles. The fourth-order valence-electron chi connectivity index (χ4n) is 2.65. The lowest BCUT2D eigenvalue weighted by Gasteiger charge is -2.26. The van der Waals surface area contributed by atoms with Gasteiger partial charge in [-0.2, -0.15) is 5.26 Å². The number of nitrogens with one attached hydrogen (secondary N) is 1. The van der Waals surface area contributed by atoms with Crippen molar-refractivity contribution >= 4 is 0 Å². The first kappa shape index (κ1) is 12.7. The molecule has 1 N–H and O–H groups in total. The summed E-state index contributed by atoms with van der Waals surface area (Å²) in [6.45, 7) is -0.199. The van der Waals surface area contributed by atoms with Gasteiger partial charge in [-0.3, -0.25) is 10.2 Å². The number of nitrogens with zero attached hydrogens (tertiary/aromatic N) is 2. The Kier molecular flexibility index (Phi) is 3.64. The molecule has 0 aromatic rings. The van der Waals surface area contributed by atoms with Crippen LogP contribution in [0.1, 0.15) is 32.1 Å². The molecule has 0 aliphatic heterocycles. The highest BCUT2D eigenvalue weighted by atomic mass is 19.3. The predicted molar refractivity (Wildman–Crippen MR) is 60.8 cm³/mol. The standard InChI is InChI=1S/C12H19F2N3/c1-17(7-11(13)14)10-4-5-12(6-10,8-15)16-9-2-3-9/h9-11,16H,2-7H2,1H3. The summed E-state index contributed by atoms with van der Waals surface area (Å²) < 4.78 is 24.6. The van der Waals surface area contributed by atoms with Gasteiger partial charge in [0, 0.05) is 12.1 Å². The Bertz CT molecular complexity index is 311. The van der Waals surface area contributed by atoms with Gasteiger partial charge in [-0.15, -0.1) is 0 Å². The largest absolute Gasteiger partial charge is 0.298 e. The molecular formula is C12H19F2N3. The summed E-state index contributed by atoms with van der Waals surface area (Å²) in [6, 6.07) is 2.95. The van der Waals surface area contributed by atoms with Crippen LogP contribution in [0.3, 0.4) is 0 Å². The quantitative estimate of drug-likeness (QED) is 0.799. The average Bonchev–Trinajstić information content (AvgIpc) is 2.95. The first-order chi connectivity index (χ1) is 8.04. The summed E-state index contributed by atoms with van der Waals surface area (Å²) in [6.07, 6.45) is 2.26. The van der Waals surface area contributed by atoms with Crippen LogP contribution in [0.2, 0.25) is 0 Å². The molecule has 2 unspecified atom stereocenters. The Morgan fingerprint density at radius 3 is 2.71 bits per heavy atom. The van der Waals surface area contributed by atoms with Gasteiger partial charge in [0.15, 0.2) is 0 Å². The molecule has 0 aromatic carbocycles. The summed E-state index contributed by atoms with van der Waals surface area (Å²) >= 11 is 0. The van der Waals surface area contributed by atoms with Crippen molar-refractivity contribution in [2.45, 2.75) is 56.2 Å². The summed E-state index contributed by atoms with van der Waals surface area (Å²) in [4.78, 5) is 1.69. The molecule has 2 fully saturated rings. The maximum atomic E-state index is 12.3. The van der Waals surface area contributed by atoms with Gasteiger partial charge in [0.05, 0.1) is 12.6 Å². The second-order valence-electron chi connectivity index (χ2n) is 5.34. The summed E-state index contributed by atoms with van der Waals surface area (Å²) in [5.74, 6) is 0. The molecule has 96 valence electrons. The minimum Gasteiger partial charge on any atom is -0.298 e. The van der Waals surface area contributed by atoms with Crippen molar-refractivity contribution in [2.24, 2.45) is 0 Å². The van der Waals surface area contributed by atoms with E-state index in [-0.39, 0.29) is 12.6 Å². The SMILES string of the molecule is CN(CC(F)F)C1CCC(C#N)(NC2CC2)C1. The Labute approximate surface area is 101 Å². The van der Waals surface area contributed by atoms with E-state index in [1.807, 2.05) is 0 Å². The van der Waals surface area contributed by atoms with Crippen molar-refractivity contribution in [3.8, 4) is 6.07 Å². The number of halogens is 2. The van der Waals surface area contributed by atoms with Gasteiger partial charge in [0.1, 0.15) is 5.54 Å². The smallest absolute Gasteiger partial charge is 0.251 e. The third-order valence-corrected chi connectivity index (χ3v) is 3.81. The van der Waals surface area contributed by atoms with E-state index in [0.717, 1.165) is 25.7 Å². The minimum absolute atomic E-state index is 0.106.